The lowest BCUT2D eigenvalue weighted by molar-refractivity contribution is -0.140. The smallest absolute Gasteiger partial charge is 0.261 e. The molecule has 23 heavy (non-hydrogen) atoms. The highest BCUT2D eigenvalue weighted by Gasteiger charge is 2.47. The molecule has 2 fully saturated rings. The number of carbonyl (C=O) groups is 1. The van der Waals surface area contributed by atoms with Gasteiger partial charge in [0.05, 0.1) is 11.7 Å². The van der Waals surface area contributed by atoms with E-state index in [4.69, 9.17) is 0 Å². The summed E-state index contributed by atoms with van der Waals surface area (Å²) in [6.45, 7) is 2.69. The van der Waals surface area contributed by atoms with Crippen LogP contribution in [0.1, 0.15) is 39.0 Å². The molecule has 1 amide bonds. The number of aryl methyl sites for hydroxylation is 1. The minimum atomic E-state index is -3.64. The number of rotatable bonds is 2. The molecule has 1 aromatic rings. The van der Waals surface area contributed by atoms with Gasteiger partial charge in [0.2, 0.25) is 5.91 Å². The van der Waals surface area contributed by atoms with Gasteiger partial charge in [0.15, 0.2) is 5.03 Å². The number of hydrogen-bond acceptors (Lipinski definition) is 5. The SMILES string of the molecule is CC(=O)N1CCN(S(=O)(=O)c2cnnn2C)CC12CCCCC2. The number of carbonyl (C=O) groups excluding carboxylic acids is 1. The Morgan fingerprint density at radius 1 is 1.22 bits per heavy atom. The first kappa shape index (κ1) is 16.4. The van der Waals surface area contributed by atoms with Crippen LogP contribution in [0.5, 0.6) is 0 Å². The molecule has 1 saturated carbocycles. The maximum absolute atomic E-state index is 12.9. The highest BCUT2D eigenvalue weighted by Crippen LogP contribution is 2.38. The Bertz CT molecular complexity index is 693. The van der Waals surface area contributed by atoms with Crippen molar-refractivity contribution in [2.75, 3.05) is 19.6 Å². The fraction of sp³-hybridized carbons (Fsp3) is 0.786. The third-order valence-corrected chi connectivity index (χ3v) is 6.95. The summed E-state index contributed by atoms with van der Waals surface area (Å²) in [5.41, 5.74) is -0.360. The minimum Gasteiger partial charge on any atom is -0.335 e. The van der Waals surface area contributed by atoms with Gasteiger partial charge in [-0.05, 0) is 12.8 Å². The van der Waals surface area contributed by atoms with Crippen molar-refractivity contribution in [3.05, 3.63) is 6.20 Å². The molecule has 0 N–H and O–H groups in total. The van der Waals surface area contributed by atoms with Crippen LogP contribution in [0.3, 0.4) is 0 Å². The summed E-state index contributed by atoms with van der Waals surface area (Å²) in [4.78, 5) is 13.9. The standard InChI is InChI=1S/C14H23N5O3S/c1-12(20)19-9-8-18(11-14(19)6-4-3-5-7-14)23(21,22)13-10-15-16-17(13)2/h10H,3-9,11H2,1-2H3. The van der Waals surface area contributed by atoms with Crippen LogP contribution >= 0.6 is 0 Å². The quantitative estimate of drug-likeness (QED) is 0.775. The van der Waals surface area contributed by atoms with Crippen molar-refractivity contribution in [3.63, 3.8) is 0 Å². The zero-order valence-electron chi connectivity index (χ0n) is 13.6. The highest BCUT2D eigenvalue weighted by molar-refractivity contribution is 7.89. The lowest BCUT2D eigenvalue weighted by Gasteiger charge is -2.52. The van der Waals surface area contributed by atoms with Gasteiger partial charge in [0, 0.05) is 33.6 Å². The molecule has 1 saturated heterocycles. The number of aromatic nitrogens is 3. The van der Waals surface area contributed by atoms with E-state index in [1.807, 2.05) is 4.90 Å². The van der Waals surface area contributed by atoms with E-state index in [1.165, 1.54) is 15.2 Å². The van der Waals surface area contributed by atoms with Crippen LogP contribution in [0.25, 0.3) is 0 Å². The van der Waals surface area contributed by atoms with Crippen molar-refractivity contribution < 1.29 is 13.2 Å². The molecular weight excluding hydrogens is 318 g/mol. The van der Waals surface area contributed by atoms with Crippen LogP contribution in [0.2, 0.25) is 0 Å². The van der Waals surface area contributed by atoms with Crippen LogP contribution in [0.4, 0.5) is 0 Å². The van der Waals surface area contributed by atoms with Crippen molar-refractivity contribution in [2.45, 2.75) is 49.6 Å². The Labute approximate surface area is 136 Å². The van der Waals surface area contributed by atoms with Crippen LogP contribution in [-0.4, -0.2) is 63.7 Å². The molecule has 9 heteroatoms. The maximum Gasteiger partial charge on any atom is 0.261 e. The Morgan fingerprint density at radius 3 is 2.48 bits per heavy atom. The Morgan fingerprint density at radius 2 is 1.91 bits per heavy atom. The largest absolute Gasteiger partial charge is 0.335 e. The predicted molar refractivity (Wildman–Crippen MR) is 83.0 cm³/mol. The molecule has 3 rings (SSSR count). The number of hydrogen-bond donors (Lipinski definition) is 0. The van der Waals surface area contributed by atoms with E-state index < -0.39 is 10.0 Å². The van der Waals surface area contributed by atoms with E-state index in [-0.39, 0.29) is 16.5 Å². The topological polar surface area (TPSA) is 88.4 Å². The first-order chi connectivity index (χ1) is 10.9. The molecule has 1 aliphatic carbocycles. The molecule has 0 bridgehead atoms. The molecule has 8 nitrogen and oxygen atoms in total. The average molecular weight is 341 g/mol. The average Bonchev–Trinajstić information content (AvgIpc) is 2.94. The van der Waals surface area contributed by atoms with Crippen molar-refractivity contribution in [2.24, 2.45) is 7.05 Å². The van der Waals surface area contributed by atoms with Crippen molar-refractivity contribution in [1.82, 2.24) is 24.2 Å². The van der Waals surface area contributed by atoms with E-state index in [2.05, 4.69) is 10.3 Å². The molecule has 1 aromatic heterocycles. The lowest BCUT2D eigenvalue weighted by Crippen LogP contribution is -2.65. The zero-order valence-corrected chi connectivity index (χ0v) is 14.4. The second-order valence-corrected chi connectivity index (χ2v) is 8.37. The first-order valence-electron chi connectivity index (χ1n) is 8.00. The minimum absolute atomic E-state index is 0.0335. The van der Waals surface area contributed by atoms with Gasteiger partial charge in [-0.15, -0.1) is 5.10 Å². The van der Waals surface area contributed by atoms with Gasteiger partial charge >= 0.3 is 0 Å². The van der Waals surface area contributed by atoms with Gasteiger partial charge in [0.1, 0.15) is 0 Å². The van der Waals surface area contributed by atoms with Gasteiger partial charge in [-0.3, -0.25) is 4.79 Å². The Hall–Kier alpha value is -1.48. The van der Waals surface area contributed by atoms with E-state index >= 15 is 0 Å². The summed E-state index contributed by atoms with van der Waals surface area (Å²) < 4.78 is 28.6. The molecule has 1 aliphatic heterocycles. The van der Waals surface area contributed by atoms with Crippen molar-refractivity contribution >= 4 is 15.9 Å². The fourth-order valence-corrected chi connectivity index (χ4v) is 5.47. The second kappa shape index (κ2) is 5.86. The van der Waals surface area contributed by atoms with Crippen LogP contribution in [0, 0.1) is 0 Å². The number of piperazine rings is 1. The van der Waals surface area contributed by atoms with Gasteiger partial charge in [-0.1, -0.05) is 24.5 Å². The van der Waals surface area contributed by atoms with Gasteiger partial charge in [0.25, 0.3) is 10.0 Å². The Balaban J connectivity index is 1.92. The fourth-order valence-electron chi connectivity index (χ4n) is 3.92. The molecule has 2 heterocycles. The zero-order chi connectivity index (χ0) is 16.7. The Kier molecular flexibility index (Phi) is 4.18. The highest BCUT2D eigenvalue weighted by atomic mass is 32.2. The summed E-state index contributed by atoms with van der Waals surface area (Å²) in [6.07, 6.45) is 6.21. The molecule has 0 atom stereocenters. The van der Waals surface area contributed by atoms with Gasteiger partial charge in [-0.25, -0.2) is 13.1 Å². The number of amides is 1. The third-order valence-electron chi connectivity index (χ3n) is 5.06. The first-order valence-corrected chi connectivity index (χ1v) is 9.44. The normalized spacial score (nSPS) is 22.4. The number of sulfonamides is 1. The third kappa shape index (κ3) is 2.76. The van der Waals surface area contributed by atoms with E-state index in [9.17, 15) is 13.2 Å². The molecule has 128 valence electrons. The summed E-state index contributed by atoms with van der Waals surface area (Å²) in [5, 5.41) is 7.49. The van der Waals surface area contributed by atoms with Crippen LogP contribution < -0.4 is 0 Å². The predicted octanol–water partition coefficient (Wildman–Crippen LogP) is 0.371. The molecular formula is C14H23N5O3S. The van der Waals surface area contributed by atoms with Crippen LogP contribution in [0.15, 0.2) is 11.2 Å². The number of nitrogens with zero attached hydrogens (tertiary/aromatic N) is 5. The van der Waals surface area contributed by atoms with E-state index in [0.29, 0.717) is 19.6 Å². The summed E-state index contributed by atoms with van der Waals surface area (Å²) in [7, 11) is -2.07. The summed E-state index contributed by atoms with van der Waals surface area (Å²) in [5.74, 6) is 0.0335. The maximum atomic E-state index is 12.9. The molecule has 0 aromatic carbocycles. The summed E-state index contributed by atoms with van der Waals surface area (Å²) in [6, 6.07) is 0. The summed E-state index contributed by atoms with van der Waals surface area (Å²) >= 11 is 0. The molecule has 0 radical (unpaired) electrons. The molecule has 1 spiro atoms. The van der Waals surface area contributed by atoms with Crippen molar-refractivity contribution in [3.8, 4) is 0 Å². The van der Waals surface area contributed by atoms with E-state index in [1.54, 1.807) is 14.0 Å². The van der Waals surface area contributed by atoms with Gasteiger partial charge < -0.3 is 4.90 Å². The van der Waals surface area contributed by atoms with Crippen molar-refractivity contribution in [1.29, 1.82) is 0 Å². The van der Waals surface area contributed by atoms with E-state index in [0.717, 1.165) is 32.1 Å². The lowest BCUT2D eigenvalue weighted by atomic mass is 9.79. The van der Waals surface area contributed by atoms with Crippen LogP contribution in [-0.2, 0) is 21.9 Å². The molecule has 0 unspecified atom stereocenters. The monoisotopic (exact) mass is 341 g/mol. The second-order valence-electron chi connectivity index (χ2n) is 6.49. The van der Waals surface area contributed by atoms with Gasteiger partial charge in [-0.2, -0.15) is 4.31 Å². The molecule has 2 aliphatic rings.